The van der Waals surface area contributed by atoms with E-state index in [1.807, 2.05) is 32.0 Å². The van der Waals surface area contributed by atoms with Crippen LogP contribution in [0.5, 0.6) is 0 Å². The lowest BCUT2D eigenvalue weighted by Gasteiger charge is -2.15. The Hall–Kier alpha value is -2.08. The largest absolute Gasteiger partial charge is 0.347 e. The van der Waals surface area contributed by atoms with E-state index in [2.05, 4.69) is 10.6 Å². The van der Waals surface area contributed by atoms with Gasteiger partial charge >= 0.3 is 0 Å². The topological polar surface area (TPSA) is 62.6 Å². The highest BCUT2D eigenvalue weighted by atomic mass is 35.5. The molecule has 5 nitrogen and oxygen atoms in total. The van der Waals surface area contributed by atoms with Crippen molar-refractivity contribution >= 4 is 40.7 Å². The minimum absolute atomic E-state index is 0.130. The Morgan fingerprint density at radius 3 is 2.44 bits per heavy atom. The van der Waals surface area contributed by atoms with Crippen LogP contribution >= 0.6 is 23.2 Å². The number of benzene rings is 2. The van der Waals surface area contributed by atoms with Crippen LogP contribution in [0.25, 0.3) is 0 Å². The number of likely N-dealkylation sites (N-methyl/N-ethyl adjacent to an activating group) is 1. The molecule has 0 aromatic heterocycles. The van der Waals surface area contributed by atoms with Crippen LogP contribution in [0, 0.1) is 13.8 Å². The molecular formula is C20H24Cl2N3O2+. The zero-order valence-electron chi connectivity index (χ0n) is 15.7. The maximum absolute atomic E-state index is 12.2. The lowest BCUT2D eigenvalue weighted by Crippen LogP contribution is -3.11. The fourth-order valence-electron chi connectivity index (χ4n) is 2.61. The van der Waals surface area contributed by atoms with E-state index in [-0.39, 0.29) is 24.9 Å². The molecule has 1 atom stereocenters. The second-order valence-corrected chi connectivity index (χ2v) is 7.46. The molecule has 144 valence electrons. The van der Waals surface area contributed by atoms with Gasteiger partial charge in [-0.2, -0.15) is 0 Å². The minimum Gasteiger partial charge on any atom is -0.347 e. The number of aryl methyl sites for hydroxylation is 1. The fraction of sp³-hybridized carbons (Fsp3) is 0.300. The minimum atomic E-state index is -0.155. The number of halogens is 2. The molecule has 27 heavy (non-hydrogen) atoms. The molecule has 0 heterocycles. The molecule has 2 aromatic rings. The van der Waals surface area contributed by atoms with Crippen molar-refractivity contribution in [3.05, 3.63) is 63.1 Å². The summed E-state index contributed by atoms with van der Waals surface area (Å²) in [6, 6.07) is 10.9. The van der Waals surface area contributed by atoms with E-state index in [0.29, 0.717) is 16.6 Å². The average molecular weight is 409 g/mol. The van der Waals surface area contributed by atoms with E-state index in [0.717, 1.165) is 27.3 Å². The Kier molecular flexibility index (Phi) is 7.66. The fourth-order valence-corrected chi connectivity index (χ4v) is 3.09. The van der Waals surface area contributed by atoms with Gasteiger partial charge in [0.1, 0.15) is 0 Å². The van der Waals surface area contributed by atoms with Crippen LogP contribution in [-0.4, -0.2) is 32.0 Å². The summed E-state index contributed by atoms with van der Waals surface area (Å²) in [6.07, 6.45) is 0. The van der Waals surface area contributed by atoms with Gasteiger partial charge in [0.05, 0.1) is 7.05 Å². The van der Waals surface area contributed by atoms with Gasteiger partial charge < -0.3 is 15.5 Å². The summed E-state index contributed by atoms with van der Waals surface area (Å²) in [5.74, 6) is -0.284. The quantitative estimate of drug-likeness (QED) is 0.658. The number of quaternary nitrogens is 1. The Balaban J connectivity index is 1.80. The van der Waals surface area contributed by atoms with Crippen LogP contribution < -0.4 is 15.5 Å². The van der Waals surface area contributed by atoms with Gasteiger partial charge in [0.2, 0.25) is 0 Å². The van der Waals surface area contributed by atoms with Crippen molar-refractivity contribution in [2.45, 2.75) is 20.4 Å². The zero-order valence-corrected chi connectivity index (χ0v) is 17.2. The second kappa shape index (κ2) is 9.74. The van der Waals surface area contributed by atoms with E-state index in [1.165, 1.54) is 0 Å². The Morgan fingerprint density at radius 2 is 1.74 bits per heavy atom. The maximum Gasteiger partial charge on any atom is 0.279 e. The smallest absolute Gasteiger partial charge is 0.279 e. The normalized spacial score (nSPS) is 11.7. The number of nitrogens with one attached hydrogen (secondary N) is 3. The van der Waals surface area contributed by atoms with Crippen molar-refractivity contribution in [3.63, 3.8) is 0 Å². The Labute approximate surface area is 169 Å². The Bertz CT molecular complexity index is 840. The standard InChI is InChI=1S/C20H23Cl2N3O2/c1-13-5-4-6-18(14(13)2)24-20(27)12-25(3)11-19(26)23-10-15-7-8-16(21)9-17(15)22/h4-9H,10-12H2,1-3H3,(H,23,26)(H,24,27)/p+1. The zero-order chi connectivity index (χ0) is 20.0. The number of rotatable bonds is 7. The molecule has 0 aliphatic rings. The summed E-state index contributed by atoms with van der Waals surface area (Å²) in [7, 11) is 1.80. The first kappa shape index (κ1) is 21.2. The first-order valence-electron chi connectivity index (χ1n) is 8.64. The van der Waals surface area contributed by atoms with Crippen molar-refractivity contribution in [1.82, 2.24) is 5.32 Å². The van der Waals surface area contributed by atoms with Gasteiger partial charge in [0, 0.05) is 22.3 Å². The van der Waals surface area contributed by atoms with Crippen LogP contribution in [0.15, 0.2) is 36.4 Å². The summed E-state index contributed by atoms with van der Waals surface area (Å²) in [6.45, 7) is 4.67. The summed E-state index contributed by atoms with van der Waals surface area (Å²) in [5.41, 5.74) is 3.75. The molecule has 0 saturated heterocycles. The first-order valence-corrected chi connectivity index (χ1v) is 9.40. The monoisotopic (exact) mass is 408 g/mol. The lowest BCUT2D eigenvalue weighted by atomic mass is 10.1. The molecule has 0 aliphatic carbocycles. The summed E-state index contributed by atoms with van der Waals surface area (Å²) in [4.78, 5) is 25.1. The molecule has 0 radical (unpaired) electrons. The molecular weight excluding hydrogens is 385 g/mol. The van der Waals surface area contributed by atoms with Crippen molar-refractivity contribution in [2.24, 2.45) is 0 Å². The number of carbonyl (C=O) groups is 2. The van der Waals surface area contributed by atoms with Crippen LogP contribution in [0.4, 0.5) is 5.69 Å². The van der Waals surface area contributed by atoms with Crippen molar-refractivity contribution in [3.8, 4) is 0 Å². The van der Waals surface area contributed by atoms with E-state index in [9.17, 15) is 9.59 Å². The number of carbonyl (C=O) groups excluding carboxylic acids is 2. The molecule has 0 fully saturated rings. The molecule has 3 N–H and O–H groups in total. The molecule has 2 rings (SSSR count). The van der Waals surface area contributed by atoms with Gasteiger partial charge in [0.25, 0.3) is 11.8 Å². The molecule has 0 saturated carbocycles. The van der Waals surface area contributed by atoms with Crippen LogP contribution in [0.1, 0.15) is 16.7 Å². The predicted octanol–water partition coefficient (Wildman–Crippen LogP) is 2.38. The number of hydrogen-bond donors (Lipinski definition) is 3. The summed E-state index contributed by atoms with van der Waals surface area (Å²) < 4.78 is 0. The number of amides is 2. The first-order chi connectivity index (χ1) is 12.8. The third-order valence-electron chi connectivity index (χ3n) is 4.29. The van der Waals surface area contributed by atoms with Crippen molar-refractivity contribution in [1.29, 1.82) is 0 Å². The van der Waals surface area contributed by atoms with Crippen molar-refractivity contribution < 1.29 is 14.5 Å². The highest BCUT2D eigenvalue weighted by molar-refractivity contribution is 6.35. The van der Waals surface area contributed by atoms with Crippen LogP contribution in [0.3, 0.4) is 0 Å². The third-order valence-corrected chi connectivity index (χ3v) is 4.88. The van der Waals surface area contributed by atoms with Gasteiger partial charge in [-0.25, -0.2) is 0 Å². The molecule has 1 unspecified atom stereocenters. The summed E-state index contributed by atoms with van der Waals surface area (Å²) in [5, 5.41) is 6.78. The summed E-state index contributed by atoms with van der Waals surface area (Å²) >= 11 is 12.0. The maximum atomic E-state index is 12.2. The molecule has 2 amide bonds. The predicted molar refractivity (Wildman–Crippen MR) is 109 cm³/mol. The van der Waals surface area contributed by atoms with Gasteiger partial charge in [-0.1, -0.05) is 41.4 Å². The van der Waals surface area contributed by atoms with Crippen LogP contribution in [-0.2, 0) is 16.1 Å². The second-order valence-electron chi connectivity index (χ2n) is 6.62. The molecule has 2 aromatic carbocycles. The molecule has 0 bridgehead atoms. The van der Waals surface area contributed by atoms with Gasteiger partial charge in [-0.05, 0) is 48.7 Å². The Morgan fingerprint density at radius 1 is 1.04 bits per heavy atom. The van der Waals surface area contributed by atoms with Crippen LogP contribution in [0.2, 0.25) is 10.0 Å². The molecule has 0 spiro atoms. The highest BCUT2D eigenvalue weighted by Crippen LogP contribution is 2.20. The van der Waals surface area contributed by atoms with E-state index in [1.54, 1.807) is 25.2 Å². The van der Waals surface area contributed by atoms with Gasteiger partial charge in [-0.15, -0.1) is 0 Å². The molecule has 7 heteroatoms. The van der Waals surface area contributed by atoms with E-state index >= 15 is 0 Å². The number of hydrogen-bond acceptors (Lipinski definition) is 2. The SMILES string of the molecule is Cc1cccc(NC(=O)C[NH+](C)CC(=O)NCc2ccc(Cl)cc2Cl)c1C. The molecule has 0 aliphatic heterocycles. The van der Waals surface area contributed by atoms with E-state index < -0.39 is 0 Å². The highest BCUT2D eigenvalue weighted by Gasteiger charge is 2.15. The average Bonchev–Trinajstić information content (AvgIpc) is 2.58. The van der Waals surface area contributed by atoms with Gasteiger partial charge in [0.15, 0.2) is 13.1 Å². The lowest BCUT2D eigenvalue weighted by molar-refractivity contribution is -0.862. The van der Waals surface area contributed by atoms with E-state index in [4.69, 9.17) is 23.2 Å². The number of anilines is 1. The third kappa shape index (κ3) is 6.54. The van der Waals surface area contributed by atoms with Crippen molar-refractivity contribution in [2.75, 3.05) is 25.5 Å². The van der Waals surface area contributed by atoms with Gasteiger partial charge in [-0.3, -0.25) is 9.59 Å².